The van der Waals surface area contributed by atoms with Crippen LogP contribution in [0.1, 0.15) is 11.9 Å². The van der Waals surface area contributed by atoms with Gasteiger partial charge in [-0.25, -0.2) is 9.78 Å². The van der Waals surface area contributed by atoms with Crippen LogP contribution >= 0.6 is 0 Å². The number of hydrogen-bond donors (Lipinski definition) is 4. The first kappa shape index (κ1) is 14.8. The number of H-pyrrole nitrogens is 1. The summed E-state index contributed by atoms with van der Waals surface area (Å²) < 4.78 is 6.25. The van der Waals surface area contributed by atoms with Gasteiger partial charge in [0.2, 0.25) is 0 Å². The third-order valence-corrected chi connectivity index (χ3v) is 3.57. The van der Waals surface area contributed by atoms with Gasteiger partial charge in [-0.1, -0.05) is 0 Å². The van der Waals surface area contributed by atoms with Crippen LogP contribution in [-0.2, 0) is 4.74 Å². The van der Waals surface area contributed by atoms with Crippen molar-refractivity contribution < 1.29 is 20.1 Å². The molecular formula is C12H14N4O6. The minimum Gasteiger partial charge on any atom is -0.394 e. The average molecular weight is 310 g/mol. The lowest BCUT2D eigenvalue weighted by molar-refractivity contribution is -0.0547. The predicted octanol–water partition coefficient (Wildman–Crippen LogP) is -2.60. The highest BCUT2D eigenvalue weighted by Gasteiger charge is 2.43. The zero-order valence-electron chi connectivity index (χ0n) is 11.5. The van der Waals surface area contributed by atoms with E-state index >= 15 is 0 Å². The summed E-state index contributed by atoms with van der Waals surface area (Å²) in [6.45, 7) is 0.995. The molecular weight excluding hydrogens is 296 g/mol. The largest absolute Gasteiger partial charge is 0.394 e. The third-order valence-electron chi connectivity index (χ3n) is 3.57. The van der Waals surface area contributed by atoms with E-state index in [1.165, 1.54) is 13.1 Å². The molecule has 10 nitrogen and oxygen atoms in total. The molecule has 0 spiro atoms. The number of ether oxygens (including phenoxy) is 1. The van der Waals surface area contributed by atoms with Gasteiger partial charge in [-0.3, -0.25) is 9.36 Å². The van der Waals surface area contributed by atoms with E-state index in [4.69, 9.17) is 9.84 Å². The number of aryl methyl sites for hydroxylation is 1. The summed E-state index contributed by atoms with van der Waals surface area (Å²) in [6.07, 6.45) is -3.67. The fourth-order valence-corrected chi connectivity index (χ4v) is 2.35. The number of fused-ring (bicyclic) bond motifs is 1. The van der Waals surface area contributed by atoms with Crippen LogP contribution in [-0.4, -0.2) is 59.8 Å². The fraction of sp³-hybridized carbons (Fsp3) is 0.500. The molecule has 1 aliphatic heterocycles. The van der Waals surface area contributed by atoms with Gasteiger partial charge in [0.05, 0.1) is 6.61 Å². The first-order valence-corrected chi connectivity index (χ1v) is 6.54. The Bertz CT molecular complexity index is 830. The highest BCUT2D eigenvalue weighted by molar-refractivity contribution is 5.67. The standard InChI is InChI=1S/C12H14N4O6/c1-4-10(20)14-9-5(13-4)2-16(12(21)15-9)11-8(19)7(18)6(3-17)22-11/h2,6-8,11,17-19H,3H2,1H3,(H,14,15,20,21)/t6-,7?,8?,11-/m1/s1. The summed E-state index contributed by atoms with van der Waals surface area (Å²) in [7, 11) is 0. The summed E-state index contributed by atoms with van der Waals surface area (Å²) in [4.78, 5) is 33.6. The smallest absolute Gasteiger partial charge is 0.351 e. The molecule has 4 N–H and O–H groups in total. The van der Waals surface area contributed by atoms with Gasteiger partial charge in [0.1, 0.15) is 29.5 Å². The van der Waals surface area contributed by atoms with Crippen molar-refractivity contribution in [3.63, 3.8) is 0 Å². The van der Waals surface area contributed by atoms with Crippen molar-refractivity contribution in [2.24, 2.45) is 0 Å². The zero-order chi connectivity index (χ0) is 16.0. The molecule has 0 bridgehead atoms. The highest BCUT2D eigenvalue weighted by atomic mass is 16.6. The van der Waals surface area contributed by atoms with E-state index < -0.39 is 42.4 Å². The van der Waals surface area contributed by atoms with E-state index in [9.17, 15) is 19.8 Å². The van der Waals surface area contributed by atoms with Crippen molar-refractivity contribution in [1.82, 2.24) is 19.5 Å². The van der Waals surface area contributed by atoms with Crippen LogP contribution in [0.4, 0.5) is 0 Å². The van der Waals surface area contributed by atoms with Crippen molar-refractivity contribution in [3.8, 4) is 0 Å². The molecule has 0 amide bonds. The molecule has 118 valence electrons. The van der Waals surface area contributed by atoms with Gasteiger partial charge in [0.25, 0.3) is 5.56 Å². The van der Waals surface area contributed by atoms with Gasteiger partial charge in [-0.05, 0) is 6.92 Å². The molecule has 10 heteroatoms. The Morgan fingerprint density at radius 2 is 2.05 bits per heavy atom. The Balaban J connectivity index is 2.12. The van der Waals surface area contributed by atoms with Crippen molar-refractivity contribution in [2.75, 3.05) is 6.61 Å². The second-order valence-electron chi connectivity index (χ2n) is 5.04. The number of nitrogens with one attached hydrogen (secondary N) is 1. The molecule has 1 fully saturated rings. The number of nitrogens with zero attached hydrogens (tertiary/aromatic N) is 3. The van der Waals surface area contributed by atoms with Gasteiger partial charge in [-0.2, -0.15) is 4.98 Å². The van der Waals surface area contributed by atoms with Gasteiger partial charge in [0, 0.05) is 6.20 Å². The number of aliphatic hydroxyl groups is 3. The lowest BCUT2D eigenvalue weighted by atomic mass is 10.1. The lowest BCUT2D eigenvalue weighted by Gasteiger charge is -2.17. The van der Waals surface area contributed by atoms with Crippen LogP contribution in [0.5, 0.6) is 0 Å². The molecule has 3 rings (SSSR count). The molecule has 1 aliphatic rings. The number of aromatic amines is 1. The van der Waals surface area contributed by atoms with Crippen molar-refractivity contribution >= 4 is 11.2 Å². The monoisotopic (exact) mass is 310 g/mol. The zero-order valence-corrected chi connectivity index (χ0v) is 11.5. The summed E-state index contributed by atoms with van der Waals surface area (Å²) in [5, 5.41) is 28.8. The van der Waals surface area contributed by atoms with Crippen LogP contribution in [0, 0.1) is 6.92 Å². The molecule has 2 aromatic heterocycles. The molecule has 2 unspecified atom stereocenters. The summed E-state index contributed by atoms with van der Waals surface area (Å²) in [5.74, 6) is 0. The first-order chi connectivity index (χ1) is 10.4. The molecule has 22 heavy (non-hydrogen) atoms. The molecule has 3 heterocycles. The van der Waals surface area contributed by atoms with Crippen LogP contribution < -0.4 is 11.2 Å². The summed E-state index contributed by atoms with van der Waals surface area (Å²) in [5.41, 5.74) is -0.799. The molecule has 0 radical (unpaired) electrons. The summed E-state index contributed by atoms with van der Waals surface area (Å²) >= 11 is 0. The Labute approximate surface area is 122 Å². The second-order valence-corrected chi connectivity index (χ2v) is 5.04. The Kier molecular flexibility index (Phi) is 3.53. The first-order valence-electron chi connectivity index (χ1n) is 6.54. The third kappa shape index (κ3) is 2.22. The highest BCUT2D eigenvalue weighted by Crippen LogP contribution is 2.28. The predicted molar refractivity (Wildman–Crippen MR) is 72.2 cm³/mol. The topological polar surface area (TPSA) is 151 Å². The van der Waals surface area contributed by atoms with E-state index in [0.717, 1.165) is 4.57 Å². The average Bonchev–Trinajstić information content (AvgIpc) is 2.76. The number of aliphatic hydroxyl groups excluding tert-OH is 3. The van der Waals surface area contributed by atoms with Gasteiger partial charge in [-0.15, -0.1) is 0 Å². The van der Waals surface area contributed by atoms with Gasteiger partial charge in [0.15, 0.2) is 11.9 Å². The fourth-order valence-electron chi connectivity index (χ4n) is 2.35. The van der Waals surface area contributed by atoms with Crippen molar-refractivity contribution in [1.29, 1.82) is 0 Å². The van der Waals surface area contributed by atoms with E-state index in [-0.39, 0.29) is 16.9 Å². The normalized spacial score (nSPS) is 28.4. The van der Waals surface area contributed by atoms with Crippen LogP contribution in [0.3, 0.4) is 0 Å². The van der Waals surface area contributed by atoms with E-state index in [1.807, 2.05) is 0 Å². The Hall–Kier alpha value is -2.14. The maximum atomic E-state index is 12.0. The molecule has 0 aromatic carbocycles. The molecule has 0 aliphatic carbocycles. The van der Waals surface area contributed by atoms with Crippen LogP contribution in [0.15, 0.2) is 15.8 Å². The second kappa shape index (κ2) is 5.25. The number of aromatic nitrogens is 4. The van der Waals surface area contributed by atoms with Gasteiger partial charge < -0.3 is 25.0 Å². The molecule has 2 aromatic rings. The quantitative estimate of drug-likeness (QED) is 0.471. The molecule has 4 atom stereocenters. The number of hydrogen-bond acceptors (Lipinski definition) is 8. The van der Waals surface area contributed by atoms with E-state index in [1.54, 1.807) is 0 Å². The van der Waals surface area contributed by atoms with E-state index in [2.05, 4.69) is 15.0 Å². The van der Waals surface area contributed by atoms with E-state index in [0.29, 0.717) is 0 Å². The van der Waals surface area contributed by atoms with Crippen LogP contribution in [0.2, 0.25) is 0 Å². The van der Waals surface area contributed by atoms with Crippen molar-refractivity contribution in [3.05, 3.63) is 32.7 Å². The number of rotatable bonds is 2. The lowest BCUT2D eigenvalue weighted by Crippen LogP contribution is -2.36. The van der Waals surface area contributed by atoms with Crippen molar-refractivity contribution in [2.45, 2.75) is 31.5 Å². The van der Waals surface area contributed by atoms with Crippen LogP contribution in [0.25, 0.3) is 11.2 Å². The Morgan fingerprint density at radius 1 is 1.32 bits per heavy atom. The maximum absolute atomic E-state index is 12.0. The minimum atomic E-state index is -1.40. The SMILES string of the molecule is Cc1nc2cn([C@@H]3O[C@H](CO)C(O)C3O)c(=O)nc2[nH]c1=O. The summed E-state index contributed by atoms with van der Waals surface area (Å²) in [6, 6.07) is 0. The van der Waals surface area contributed by atoms with Gasteiger partial charge >= 0.3 is 5.69 Å². The molecule has 1 saturated heterocycles. The maximum Gasteiger partial charge on any atom is 0.351 e. The molecule has 0 saturated carbocycles. The Morgan fingerprint density at radius 3 is 2.68 bits per heavy atom. The minimum absolute atomic E-state index is 0.0172.